The van der Waals surface area contributed by atoms with Crippen molar-refractivity contribution >= 4 is 14.0 Å². The highest BCUT2D eigenvalue weighted by atomic mass is 31.1. The van der Waals surface area contributed by atoms with Crippen molar-refractivity contribution in [3.8, 4) is 0 Å². The summed E-state index contributed by atoms with van der Waals surface area (Å²) < 4.78 is 22.5. The van der Waals surface area contributed by atoms with Crippen LogP contribution in [0.5, 0.6) is 0 Å². The van der Waals surface area contributed by atoms with Crippen LogP contribution >= 0.6 is 8.03 Å². The van der Waals surface area contributed by atoms with Gasteiger partial charge in [0.1, 0.15) is 5.92 Å². The predicted octanol–water partition coefficient (Wildman–Crippen LogP) is 3.30. The van der Waals surface area contributed by atoms with Crippen molar-refractivity contribution in [3.63, 3.8) is 0 Å². The number of carbonyl (C=O) groups excluding carboxylic acids is 1. The number of hydrogen-bond donors (Lipinski definition) is 1. The third kappa shape index (κ3) is 6.75. The van der Waals surface area contributed by atoms with E-state index in [2.05, 4.69) is 0 Å². The Balaban J connectivity index is 1.91. The van der Waals surface area contributed by atoms with E-state index in [0.29, 0.717) is 12.8 Å². The van der Waals surface area contributed by atoms with Gasteiger partial charge in [-0.25, -0.2) is 0 Å². The molecule has 2 rings (SSSR count). The third-order valence-corrected chi connectivity index (χ3v) is 5.01. The summed E-state index contributed by atoms with van der Waals surface area (Å²) in [4.78, 5) is 12.0. The monoisotopic (exact) mass is 360 g/mol. The van der Waals surface area contributed by atoms with Crippen LogP contribution in [0, 0.1) is 5.92 Å². The normalized spacial score (nSPS) is 13.8. The summed E-state index contributed by atoms with van der Waals surface area (Å²) in [7, 11) is -0.737. The first-order valence-corrected chi connectivity index (χ1v) is 9.47. The van der Waals surface area contributed by atoms with Crippen LogP contribution in [0.15, 0.2) is 60.7 Å². The van der Waals surface area contributed by atoms with Crippen LogP contribution in [-0.4, -0.2) is 25.5 Å². The van der Waals surface area contributed by atoms with E-state index in [9.17, 15) is 9.36 Å². The SMILES string of the molecule is COC(=O)C(Cc1ccccc1)C[P+](=O)OC(N)Cc1ccccc1. The number of carbonyl (C=O) groups is 1. The van der Waals surface area contributed by atoms with E-state index < -0.39 is 26.1 Å². The van der Waals surface area contributed by atoms with Crippen LogP contribution in [0.1, 0.15) is 11.1 Å². The number of hydrogen-bond acceptors (Lipinski definition) is 5. The number of nitrogens with two attached hydrogens (primary N) is 1. The van der Waals surface area contributed by atoms with Crippen molar-refractivity contribution in [2.45, 2.75) is 19.1 Å². The zero-order valence-electron chi connectivity index (χ0n) is 14.2. The molecule has 0 aliphatic heterocycles. The summed E-state index contributed by atoms with van der Waals surface area (Å²) >= 11 is 0. The molecular weight excluding hydrogens is 337 g/mol. The molecule has 0 bridgehead atoms. The Morgan fingerprint density at radius 2 is 1.52 bits per heavy atom. The summed E-state index contributed by atoms with van der Waals surface area (Å²) in [6.45, 7) is 0. The first kappa shape index (κ1) is 19.3. The predicted molar refractivity (Wildman–Crippen MR) is 97.3 cm³/mol. The largest absolute Gasteiger partial charge is 0.510 e. The van der Waals surface area contributed by atoms with Crippen LogP contribution in [0.4, 0.5) is 0 Å². The lowest BCUT2D eigenvalue weighted by Crippen LogP contribution is -2.26. The van der Waals surface area contributed by atoms with E-state index in [1.807, 2.05) is 60.7 Å². The van der Waals surface area contributed by atoms with Crippen LogP contribution < -0.4 is 5.73 Å². The van der Waals surface area contributed by atoms with Gasteiger partial charge < -0.3 is 10.5 Å². The molecule has 132 valence electrons. The number of benzene rings is 2. The molecule has 0 heterocycles. The summed E-state index contributed by atoms with van der Waals surface area (Å²) in [6.07, 6.45) is 0.315. The average molecular weight is 360 g/mol. The topological polar surface area (TPSA) is 78.6 Å². The molecule has 3 atom stereocenters. The van der Waals surface area contributed by atoms with Gasteiger partial charge in [0.05, 0.1) is 7.11 Å². The molecule has 0 saturated carbocycles. The van der Waals surface area contributed by atoms with Crippen LogP contribution in [0.25, 0.3) is 0 Å². The van der Waals surface area contributed by atoms with Crippen LogP contribution in [-0.2, 0) is 31.5 Å². The molecular formula is C19H23NO4P+. The maximum atomic E-state index is 12.3. The van der Waals surface area contributed by atoms with Crippen LogP contribution in [0.2, 0.25) is 0 Å². The van der Waals surface area contributed by atoms with Crippen molar-refractivity contribution in [1.82, 2.24) is 0 Å². The molecule has 2 N–H and O–H groups in total. The van der Waals surface area contributed by atoms with E-state index >= 15 is 0 Å². The van der Waals surface area contributed by atoms with Crippen molar-refractivity contribution in [2.75, 3.05) is 13.3 Å². The summed E-state index contributed by atoms with van der Waals surface area (Å²) in [6, 6.07) is 19.2. The average Bonchev–Trinajstić information content (AvgIpc) is 2.62. The molecule has 0 radical (unpaired) electrons. The highest BCUT2D eigenvalue weighted by molar-refractivity contribution is 7.39. The molecule has 2 aromatic carbocycles. The number of ether oxygens (including phenoxy) is 1. The Hall–Kier alpha value is -2.07. The molecule has 5 nitrogen and oxygen atoms in total. The van der Waals surface area contributed by atoms with Gasteiger partial charge in [0.25, 0.3) is 0 Å². The molecule has 0 aromatic heterocycles. The minimum absolute atomic E-state index is 0.0827. The van der Waals surface area contributed by atoms with Crippen LogP contribution in [0.3, 0.4) is 0 Å². The fourth-order valence-corrected chi connectivity index (χ4v) is 3.65. The maximum Gasteiger partial charge on any atom is 0.510 e. The van der Waals surface area contributed by atoms with Gasteiger partial charge in [0.2, 0.25) is 0 Å². The van der Waals surface area contributed by atoms with Gasteiger partial charge in [-0.1, -0.05) is 60.7 Å². The third-order valence-electron chi connectivity index (χ3n) is 3.76. The van der Waals surface area contributed by atoms with E-state index in [1.54, 1.807) is 0 Å². The first-order valence-electron chi connectivity index (χ1n) is 8.11. The molecule has 0 saturated heterocycles. The highest BCUT2D eigenvalue weighted by Crippen LogP contribution is 2.29. The molecule has 2 aromatic rings. The first-order chi connectivity index (χ1) is 12.1. The standard InChI is InChI=1S/C19H23NO4P/c1-23-19(21)17(12-15-8-4-2-5-9-15)14-25(22)24-18(20)13-16-10-6-3-7-11-16/h2-11,17-18H,12-14,20H2,1H3/q+1. The lowest BCUT2D eigenvalue weighted by Gasteiger charge is -2.10. The van der Waals surface area contributed by atoms with Gasteiger partial charge in [-0.05, 0) is 22.1 Å². The van der Waals surface area contributed by atoms with E-state index in [-0.39, 0.29) is 6.16 Å². The number of esters is 1. The lowest BCUT2D eigenvalue weighted by molar-refractivity contribution is -0.144. The molecule has 0 fully saturated rings. The second-order valence-electron chi connectivity index (χ2n) is 5.76. The molecule has 0 aliphatic rings. The van der Waals surface area contributed by atoms with Crippen molar-refractivity contribution < 1.29 is 18.6 Å². The van der Waals surface area contributed by atoms with Crippen molar-refractivity contribution in [2.24, 2.45) is 11.7 Å². The molecule has 0 aliphatic carbocycles. The van der Waals surface area contributed by atoms with Gasteiger partial charge in [0, 0.05) is 6.42 Å². The molecule has 25 heavy (non-hydrogen) atoms. The minimum atomic E-state index is -2.07. The smallest absolute Gasteiger partial charge is 0.469 e. The van der Waals surface area contributed by atoms with E-state index in [4.69, 9.17) is 15.0 Å². The van der Waals surface area contributed by atoms with Gasteiger partial charge in [-0.2, -0.15) is 0 Å². The molecule has 6 heteroatoms. The molecule has 3 unspecified atom stereocenters. The Labute approximate surface area is 149 Å². The zero-order chi connectivity index (χ0) is 18.1. The Morgan fingerprint density at radius 3 is 2.04 bits per heavy atom. The van der Waals surface area contributed by atoms with Gasteiger partial charge in [-0.3, -0.25) is 4.79 Å². The fourth-order valence-electron chi connectivity index (χ4n) is 2.55. The molecule has 0 spiro atoms. The molecule has 0 amide bonds. The summed E-state index contributed by atoms with van der Waals surface area (Å²) in [5, 5.41) is 0. The number of methoxy groups -OCH3 is 1. The van der Waals surface area contributed by atoms with Crippen molar-refractivity contribution in [3.05, 3.63) is 71.8 Å². The summed E-state index contributed by atoms with van der Waals surface area (Å²) in [5.74, 6) is -0.924. The van der Waals surface area contributed by atoms with E-state index in [1.165, 1.54) is 7.11 Å². The van der Waals surface area contributed by atoms with Gasteiger partial charge in [0.15, 0.2) is 12.4 Å². The van der Waals surface area contributed by atoms with Gasteiger partial charge >= 0.3 is 14.0 Å². The van der Waals surface area contributed by atoms with Gasteiger partial charge in [-0.15, -0.1) is 4.52 Å². The summed E-state index contributed by atoms with van der Waals surface area (Å²) in [5.41, 5.74) is 7.91. The quantitative estimate of drug-likeness (QED) is 0.422. The Bertz CT molecular complexity index is 678. The Kier molecular flexibility index (Phi) is 7.74. The lowest BCUT2D eigenvalue weighted by atomic mass is 10.0. The Morgan fingerprint density at radius 1 is 1.00 bits per heavy atom. The zero-order valence-corrected chi connectivity index (χ0v) is 15.1. The second-order valence-corrected chi connectivity index (χ2v) is 7.00. The highest BCUT2D eigenvalue weighted by Gasteiger charge is 2.33. The minimum Gasteiger partial charge on any atom is -0.469 e. The van der Waals surface area contributed by atoms with Crippen molar-refractivity contribution in [1.29, 1.82) is 0 Å². The maximum absolute atomic E-state index is 12.3. The number of rotatable bonds is 9. The van der Waals surface area contributed by atoms with E-state index in [0.717, 1.165) is 11.1 Å². The second kappa shape index (κ2) is 10.0. The fraction of sp³-hybridized carbons (Fsp3) is 0.316.